The number of nitrogens with zero attached hydrogens (tertiary/aromatic N) is 1. The predicted molar refractivity (Wildman–Crippen MR) is 61.5 cm³/mol. The van der Waals surface area contributed by atoms with E-state index in [1.165, 1.54) is 0 Å². The highest BCUT2D eigenvalue weighted by molar-refractivity contribution is 8.00. The van der Waals surface area contributed by atoms with E-state index in [4.69, 9.17) is 0 Å². The van der Waals surface area contributed by atoms with Crippen molar-refractivity contribution in [2.24, 2.45) is 0 Å². The number of allylic oxidation sites excluding steroid dienone is 1. The summed E-state index contributed by atoms with van der Waals surface area (Å²) in [5.41, 5.74) is 0. The van der Waals surface area contributed by atoms with Crippen LogP contribution >= 0.6 is 11.8 Å². The number of amides is 2. The fourth-order valence-electron chi connectivity index (χ4n) is 1.23. The Morgan fingerprint density at radius 2 is 2.47 bits per heavy atom. The van der Waals surface area contributed by atoms with Crippen molar-refractivity contribution in [2.75, 3.05) is 24.7 Å². The van der Waals surface area contributed by atoms with Gasteiger partial charge in [-0.2, -0.15) is 0 Å². The van der Waals surface area contributed by atoms with Crippen LogP contribution in [0.5, 0.6) is 0 Å². The summed E-state index contributed by atoms with van der Waals surface area (Å²) in [4.78, 5) is 24.1. The molecular formula is C10H16N2O2S. The van der Waals surface area contributed by atoms with Crippen molar-refractivity contribution < 1.29 is 9.59 Å². The Morgan fingerprint density at radius 3 is 3.07 bits per heavy atom. The highest BCUT2D eigenvalue weighted by atomic mass is 32.2. The summed E-state index contributed by atoms with van der Waals surface area (Å²) in [5, 5.41) is 2.77. The number of nitrogens with one attached hydrogen (secondary N) is 1. The first-order chi connectivity index (χ1) is 7.24. The van der Waals surface area contributed by atoms with Crippen LogP contribution in [0.2, 0.25) is 0 Å². The lowest BCUT2D eigenvalue weighted by atomic mass is 10.4. The maximum Gasteiger partial charge on any atom is 0.239 e. The van der Waals surface area contributed by atoms with Gasteiger partial charge in [0, 0.05) is 6.54 Å². The van der Waals surface area contributed by atoms with E-state index in [9.17, 15) is 9.59 Å². The Kier molecular flexibility index (Phi) is 5.25. The smallest absolute Gasteiger partial charge is 0.239 e. The van der Waals surface area contributed by atoms with Crippen LogP contribution in [0.25, 0.3) is 0 Å². The van der Waals surface area contributed by atoms with E-state index in [1.807, 2.05) is 19.1 Å². The standard InChI is InChI=1S/C10H16N2O2S/c1-2-3-4-5-11-9(13)6-12-8-15-7-10(12)14/h2-3H,4-8H2,1H3,(H,11,13)/b3-2+. The van der Waals surface area contributed by atoms with E-state index >= 15 is 0 Å². The first kappa shape index (κ1) is 12.1. The van der Waals surface area contributed by atoms with E-state index in [1.54, 1.807) is 16.7 Å². The Bertz CT molecular complexity index is 266. The van der Waals surface area contributed by atoms with E-state index < -0.39 is 0 Å². The van der Waals surface area contributed by atoms with Crippen LogP contribution in [-0.2, 0) is 9.59 Å². The van der Waals surface area contributed by atoms with Gasteiger partial charge in [-0.3, -0.25) is 9.59 Å². The molecule has 1 aliphatic rings. The van der Waals surface area contributed by atoms with Gasteiger partial charge < -0.3 is 10.2 Å². The Morgan fingerprint density at radius 1 is 1.67 bits per heavy atom. The van der Waals surface area contributed by atoms with Gasteiger partial charge in [0.1, 0.15) is 6.54 Å². The van der Waals surface area contributed by atoms with Crippen LogP contribution in [0.4, 0.5) is 0 Å². The number of thioether (sulfide) groups is 1. The SMILES string of the molecule is C/C=C/CCNC(=O)CN1CSCC1=O. The molecule has 0 aromatic heterocycles. The molecule has 0 saturated carbocycles. The molecule has 0 aromatic rings. The molecule has 1 saturated heterocycles. The van der Waals surface area contributed by atoms with Gasteiger partial charge in [0.15, 0.2) is 0 Å². The highest BCUT2D eigenvalue weighted by Crippen LogP contribution is 2.13. The molecule has 5 heteroatoms. The zero-order chi connectivity index (χ0) is 11.1. The molecule has 2 amide bonds. The lowest BCUT2D eigenvalue weighted by molar-refractivity contribution is -0.132. The van der Waals surface area contributed by atoms with E-state index in [0.717, 1.165) is 6.42 Å². The molecule has 0 bridgehead atoms. The molecule has 0 aromatic carbocycles. The fourth-order valence-corrected chi connectivity index (χ4v) is 2.14. The number of rotatable bonds is 5. The molecule has 4 nitrogen and oxygen atoms in total. The molecule has 15 heavy (non-hydrogen) atoms. The summed E-state index contributed by atoms with van der Waals surface area (Å²) in [5.74, 6) is 1.13. The predicted octanol–water partition coefficient (Wildman–Crippen LogP) is 0.602. The average molecular weight is 228 g/mol. The number of carbonyl (C=O) groups is 2. The van der Waals surface area contributed by atoms with Gasteiger partial charge in [-0.1, -0.05) is 12.2 Å². The van der Waals surface area contributed by atoms with E-state index in [-0.39, 0.29) is 18.4 Å². The molecule has 0 radical (unpaired) electrons. The van der Waals surface area contributed by atoms with Crippen LogP contribution in [0.1, 0.15) is 13.3 Å². The molecule has 1 fully saturated rings. The Balaban J connectivity index is 2.15. The third kappa shape index (κ3) is 4.38. The summed E-state index contributed by atoms with van der Waals surface area (Å²) in [7, 11) is 0. The monoisotopic (exact) mass is 228 g/mol. The Labute approximate surface area is 94.1 Å². The van der Waals surface area contributed by atoms with E-state index in [2.05, 4.69) is 5.32 Å². The van der Waals surface area contributed by atoms with Crippen LogP contribution in [0.3, 0.4) is 0 Å². The lowest BCUT2D eigenvalue weighted by Crippen LogP contribution is -2.38. The average Bonchev–Trinajstić information content (AvgIpc) is 2.59. The zero-order valence-electron chi connectivity index (χ0n) is 8.86. The van der Waals surface area contributed by atoms with Gasteiger partial charge >= 0.3 is 0 Å². The second-order valence-corrected chi connectivity index (χ2v) is 4.23. The molecule has 1 N–H and O–H groups in total. The summed E-state index contributed by atoms with van der Waals surface area (Å²) in [6.07, 6.45) is 4.79. The van der Waals surface area contributed by atoms with Gasteiger partial charge in [-0.25, -0.2) is 0 Å². The third-order valence-corrected chi connectivity index (χ3v) is 2.97. The van der Waals surface area contributed by atoms with Gasteiger partial charge in [-0.15, -0.1) is 11.8 Å². The summed E-state index contributed by atoms with van der Waals surface area (Å²) < 4.78 is 0. The lowest BCUT2D eigenvalue weighted by Gasteiger charge is -2.13. The first-order valence-corrected chi connectivity index (χ1v) is 6.13. The molecular weight excluding hydrogens is 212 g/mol. The Hall–Kier alpha value is -0.970. The number of hydrogen-bond acceptors (Lipinski definition) is 3. The minimum absolute atomic E-state index is 0.0589. The van der Waals surface area contributed by atoms with Crippen molar-refractivity contribution in [3.05, 3.63) is 12.2 Å². The van der Waals surface area contributed by atoms with Gasteiger partial charge in [0.25, 0.3) is 0 Å². The number of carbonyl (C=O) groups excluding carboxylic acids is 2. The quantitative estimate of drug-likeness (QED) is 0.554. The second-order valence-electron chi connectivity index (χ2n) is 3.28. The molecule has 0 atom stereocenters. The molecule has 84 valence electrons. The van der Waals surface area contributed by atoms with Gasteiger partial charge in [-0.05, 0) is 13.3 Å². The fraction of sp³-hybridized carbons (Fsp3) is 0.600. The minimum atomic E-state index is -0.0737. The third-order valence-electron chi connectivity index (χ3n) is 2.03. The molecule has 1 aliphatic heterocycles. The van der Waals surface area contributed by atoms with Crippen molar-refractivity contribution in [1.82, 2.24) is 10.2 Å². The summed E-state index contributed by atoms with van der Waals surface area (Å²) in [6.45, 7) is 2.78. The topological polar surface area (TPSA) is 49.4 Å². The van der Waals surface area contributed by atoms with Crippen LogP contribution in [-0.4, -0.2) is 41.4 Å². The van der Waals surface area contributed by atoms with Crippen molar-refractivity contribution in [1.29, 1.82) is 0 Å². The largest absolute Gasteiger partial charge is 0.354 e. The molecule has 0 spiro atoms. The molecule has 1 rings (SSSR count). The van der Waals surface area contributed by atoms with Crippen molar-refractivity contribution >= 4 is 23.6 Å². The van der Waals surface area contributed by atoms with Gasteiger partial charge in [0.2, 0.25) is 11.8 Å². The van der Waals surface area contributed by atoms with Crippen LogP contribution < -0.4 is 5.32 Å². The van der Waals surface area contributed by atoms with Crippen molar-refractivity contribution in [2.45, 2.75) is 13.3 Å². The molecule has 1 heterocycles. The number of hydrogen-bond donors (Lipinski definition) is 1. The van der Waals surface area contributed by atoms with Crippen LogP contribution in [0, 0.1) is 0 Å². The van der Waals surface area contributed by atoms with E-state index in [0.29, 0.717) is 18.2 Å². The summed E-state index contributed by atoms with van der Waals surface area (Å²) in [6, 6.07) is 0. The van der Waals surface area contributed by atoms with Crippen molar-refractivity contribution in [3.63, 3.8) is 0 Å². The zero-order valence-corrected chi connectivity index (χ0v) is 9.68. The van der Waals surface area contributed by atoms with Crippen LogP contribution in [0.15, 0.2) is 12.2 Å². The minimum Gasteiger partial charge on any atom is -0.354 e. The maximum absolute atomic E-state index is 11.4. The first-order valence-electron chi connectivity index (χ1n) is 4.97. The maximum atomic E-state index is 11.4. The molecule has 0 unspecified atom stereocenters. The summed E-state index contributed by atoms with van der Waals surface area (Å²) >= 11 is 1.55. The molecule has 0 aliphatic carbocycles. The second kappa shape index (κ2) is 6.50. The highest BCUT2D eigenvalue weighted by Gasteiger charge is 2.22. The normalized spacial score (nSPS) is 16.3. The van der Waals surface area contributed by atoms with Crippen molar-refractivity contribution in [3.8, 4) is 0 Å². The van der Waals surface area contributed by atoms with Gasteiger partial charge in [0.05, 0.1) is 11.6 Å².